The molecule has 0 bridgehead atoms. The van der Waals surface area contributed by atoms with Gasteiger partial charge in [-0.05, 0) is 76.3 Å². The number of halogens is 1. The van der Waals surface area contributed by atoms with Gasteiger partial charge in [0.05, 0.1) is 25.4 Å². The average Bonchev–Trinajstić information content (AvgIpc) is 2.97. The topological polar surface area (TPSA) is 38.5 Å². The third kappa shape index (κ3) is 4.94. The van der Waals surface area contributed by atoms with Gasteiger partial charge in [0, 0.05) is 18.8 Å². The molecule has 1 aromatic carbocycles. The Morgan fingerprint density at radius 3 is 2.48 bits per heavy atom. The van der Waals surface area contributed by atoms with E-state index in [1.165, 1.54) is 31.4 Å². The second-order valence-corrected chi connectivity index (χ2v) is 9.01. The summed E-state index contributed by atoms with van der Waals surface area (Å²) in [6, 6.07) is 6.50. The van der Waals surface area contributed by atoms with Crippen LogP contribution >= 0.6 is 12.2 Å². The molecule has 29 heavy (non-hydrogen) atoms. The first-order valence-electron chi connectivity index (χ1n) is 10.4. The minimum absolute atomic E-state index is 0.170. The van der Waals surface area contributed by atoms with Crippen LogP contribution in [0.5, 0.6) is 0 Å². The van der Waals surface area contributed by atoms with Gasteiger partial charge in [-0.2, -0.15) is 5.10 Å². The van der Waals surface area contributed by atoms with E-state index in [0.717, 1.165) is 44.2 Å². The minimum Gasteiger partial charge on any atom is -0.373 e. The number of piperidine rings is 1. The Balaban J connectivity index is 1.64. The molecule has 2 fully saturated rings. The highest BCUT2D eigenvalue weighted by Gasteiger charge is 2.28. The highest BCUT2D eigenvalue weighted by Crippen LogP contribution is 2.20. The fourth-order valence-electron chi connectivity index (χ4n) is 4.24. The Hall–Kier alpha value is -1.61. The first-order valence-corrected chi connectivity index (χ1v) is 10.9. The zero-order valence-corrected chi connectivity index (χ0v) is 18.1. The van der Waals surface area contributed by atoms with Gasteiger partial charge >= 0.3 is 0 Å². The third-order valence-corrected chi connectivity index (χ3v) is 6.04. The summed E-state index contributed by atoms with van der Waals surface area (Å²) in [5, 5.41) is 4.90. The van der Waals surface area contributed by atoms with Crippen molar-refractivity contribution in [3.05, 3.63) is 40.7 Å². The Kier molecular flexibility index (Phi) is 6.15. The SMILES string of the molecule is CC1(C)CN(Cn2nc(CN3CCCCC3)n(-c3ccc(F)cc3)c2=S)CCO1. The van der Waals surface area contributed by atoms with Crippen molar-refractivity contribution in [3.63, 3.8) is 0 Å². The molecular formula is C21H30FN5OS. The standard InChI is InChI=1S/C21H30FN5OS/c1-21(2)15-25(12-13-28-21)16-26-20(29)27(18-8-6-17(22)7-9-18)19(23-26)14-24-10-4-3-5-11-24/h6-9H,3-5,10-16H2,1-2H3. The molecule has 1 aromatic heterocycles. The molecule has 2 aliphatic rings. The molecule has 0 unspecified atom stereocenters. The van der Waals surface area contributed by atoms with Crippen LogP contribution in [0.15, 0.2) is 24.3 Å². The summed E-state index contributed by atoms with van der Waals surface area (Å²) >= 11 is 5.81. The van der Waals surface area contributed by atoms with Crippen molar-refractivity contribution < 1.29 is 9.13 Å². The van der Waals surface area contributed by atoms with E-state index in [1.807, 2.05) is 9.25 Å². The van der Waals surface area contributed by atoms with Gasteiger partial charge in [-0.25, -0.2) is 9.07 Å². The molecule has 0 radical (unpaired) electrons. The molecule has 0 spiro atoms. The Morgan fingerprint density at radius 2 is 1.79 bits per heavy atom. The van der Waals surface area contributed by atoms with Gasteiger partial charge in [-0.1, -0.05) is 6.42 Å². The van der Waals surface area contributed by atoms with Gasteiger partial charge in [-0.15, -0.1) is 0 Å². The summed E-state index contributed by atoms with van der Waals surface area (Å²) in [6.07, 6.45) is 3.74. The van der Waals surface area contributed by atoms with E-state index in [9.17, 15) is 4.39 Å². The van der Waals surface area contributed by atoms with Crippen molar-refractivity contribution in [1.82, 2.24) is 24.1 Å². The predicted octanol–water partition coefficient (Wildman–Crippen LogP) is 3.60. The van der Waals surface area contributed by atoms with Gasteiger partial charge in [0.25, 0.3) is 0 Å². The number of rotatable bonds is 5. The molecule has 2 aliphatic heterocycles. The molecule has 4 rings (SSSR count). The van der Waals surface area contributed by atoms with Crippen molar-refractivity contribution in [2.24, 2.45) is 0 Å². The number of benzene rings is 1. The molecule has 158 valence electrons. The number of hydrogen-bond donors (Lipinski definition) is 0. The zero-order chi connectivity index (χ0) is 20.4. The summed E-state index contributed by atoms with van der Waals surface area (Å²) < 4.78 is 23.9. The van der Waals surface area contributed by atoms with Gasteiger partial charge in [-0.3, -0.25) is 14.4 Å². The number of morpholine rings is 1. The van der Waals surface area contributed by atoms with Gasteiger partial charge in [0.2, 0.25) is 4.77 Å². The van der Waals surface area contributed by atoms with E-state index in [0.29, 0.717) is 18.0 Å². The van der Waals surface area contributed by atoms with Gasteiger partial charge < -0.3 is 4.74 Å². The quantitative estimate of drug-likeness (QED) is 0.693. The molecule has 0 N–H and O–H groups in total. The van der Waals surface area contributed by atoms with E-state index in [2.05, 4.69) is 23.6 Å². The van der Waals surface area contributed by atoms with E-state index >= 15 is 0 Å². The molecule has 2 saturated heterocycles. The molecule has 0 amide bonds. The normalized spacial score (nSPS) is 20.8. The van der Waals surface area contributed by atoms with Crippen molar-refractivity contribution in [1.29, 1.82) is 0 Å². The lowest BCUT2D eigenvalue weighted by Gasteiger charge is -2.37. The van der Waals surface area contributed by atoms with Crippen LogP contribution < -0.4 is 0 Å². The first kappa shape index (κ1) is 20.7. The fraction of sp³-hybridized carbons (Fsp3) is 0.619. The molecule has 6 nitrogen and oxygen atoms in total. The molecule has 0 aliphatic carbocycles. The molecule has 0 atom stereocenters. The number of aromatic nitrogens is 3. The van der Waals surface area contributed by atoms with Crippen molar-refractivity contribution >= 4 is 12.2 Å². The summed E-state index contributed by atoms with van der Waals surface area (Å²) in [5.41, 5.74) is 0.688. The van der Waals surface area contributed by atoms with Crippen LogP contribution in [0.3, 0.4) is 0 Å². The smallest absolute Gasteiger partial charge is 0.203 e. The van der Waals surface area contributed by atoms with Crippen LogP contribution in [-0.2, 0) is 18.0 Å². The summed E-state index contributed by atoms with van der Waals surface area (Å²) in [6.45, 7) is 10.2. The first-order chi connectivity index (χ1) is 13.9. The lowest BCUT2D eigenvalue weighted by atomic mass is 10.1. The predicted molar refractivity (Wildman–Crippen MR) is 113 cm³/mol. The van der Waals surface area contributed by atoms with Crippen molar-refractivity contribution in [2.45, 2.75) is 51.9 Å². The Bertz CT molecular complexity index is 885. The van der Waals surface area contributed by atoms with Crippen LogP contribution in [0.2, 0.25) is 0 Å². The summed E-state index contributed by atoms with van der Waals surface area (Å²) in [7, 11) is 0. The lowest BCUT2D eigenvalue weighted by molar-refractivity contribution is -0.0947. The lowest BCUT2D eigenvalue weighted by Crippen LogP contribution is -2.48. The maximum atomic E-state index is 13.5. The zero-order valence-electron chi connectivity index (χ0n) is 17.3. The van der Waals surface area contributed by atoms with E-state index < -0.39 is 0 Å². The summed E-state index contributed by atoms with van der Waals surface area (Å²) in [4.78, 5) is 4.76. The average molecular weight is 420 g/mol. The molecule has 8 heteroatoms. The van der Waals surface area contributed by atoms with Crippen LogP contribution in [0, 0.1) is 10.6 Å². The number of nitrogens with zero attached hydrogens (tertiary/aromatic N) is 5. The molecular weight excluding hydrogens is 389 g/mol. The Labute approximate surface area is 176 Å². The van der Waals surface area contributed by atoms with Crippen LogP contribution in [0.4, 0.5) is 4.39 Å². The maximum Gasteiger partial charge on any atom is 0.203 e. The number of likely N-dealkylation sites (tertiary alicyclic amines) is 1. The van der Waals surface area contributed by atoms with E-state index in [4.69, 9.17) is 22.1 Å². The Morgan fingerprint density at radius 1 is 1.07 bits per heavy atom. The van der Waals surface area contributed by atoms with E-state index in [-0.39, 0.29) is 11.4 Å². The van der Waals surface area contributed by atoms with E-state index in [1.54, 1.807) is 12.1 Å². The molecule has 0 saturated carbocycles. The highest BCUT2D eigenvalue weighted by atomic mass is 32.1. The number of hydrogen-bond acceptors (Lipinski definition) is 5. The third-order valence-electron chi connectivity index (χ3n) is 5.64. The second-order valence-electron chi connectivity index (χ2n) is 8.65. The maximum absolute atomic E-state index is 13.5. The number of ether oxygens (including phenoxy) is 1. The van der Waals surface area contributed by atoms with Crippen molar-refractivity contribution in [3.8, 4) is 5.69 Å². The molecule has 2 aromatic rings. The minimum atomic E-state index is -0.249. The fourth-order valence-corrected chi connectivity index (χ4v) is 4.55. The highest BCUT2D eigenvalue weighted by molar-refractivity contribution is 7.71. The second kappa shape index (κ2) is 8.63. The van der Waals surface area contributed by atoms with Crippen molar-refractivity contribution in [2.75, 3.05) is 32.8 Å². The largest absolute Gasteiger partial charge is 0.373 e. The van der Waals surface area contributed by atoms with Crippen LogP contribution in [0.1, 0.15) is 38.9 Å². The molecule has 3 heterocycles. The van der Waals surface area contributed by atoms with Crippen LogP contribution in [-0.4, -0.2) is 62.5 Å². The summed E-state index contributed by atoms with van der Waals surface area (Å²) in [5.74, 6) is 0.664. The van der Waals surface area contributed by atoms with Crippen LogP contribution in [0.25, 0.3) is 5.69 Å². The van der Waals surface area contributed by atoms with Gasteiger partial charge in [0.1, 0.15) is 5.82 Å². The monoisotopic (exact) mass is 419 g/mol. The van der Waals surface area contributed by atoms with Gasteiger partial charge in [0.15, 0.2) is 5.82 Å².